The number of halogens is 1. The lowest BCUT2D eigenvalue weighted by Gasteiger charge is -2.19. The van der Waals surface area contributed by atoms with Crippen LogP contribution in [0.5, 0.6) is 5.75 Å². The maximum absolute atomic E-state index is 13.2. The summed E-state index contributed by atoms with van der Waals surface area (Å²) < 4.78 is 10.9. The highest BCUT2D eigenvalue weighted by molar-refractivity contribution is 7.16. The van der Waals surface area contributed by atoms with Gasteiger partial charge in [0, 0.05) is 29.6 Å². The van der Waals surface area contributed by atoms with E-state index in [1.54, 1.807) is 17.0 Å². The zero-order valence-corrected chi connectivity index (χ0v) is 20.2. The van der Waals surface area contributed by atoms with Gasteiger partial charge in [0.1, 0.15) is 17.0 Å². The zero-order valence-electron chi connectivity index (χ0n) is 18.6. The molecule has 0 spiro atoms. The maximum atomic E-state index is 13.2. The van der Waals surface area contributed by atoms with Gasteiger partial charge >= 0.3 is 0 Å². The molecule has 5 rings (SSSR count). The first kappa shape index (κ1) is 22.7. The van der Waals surface area contributed by atoms with E-state index in [2.05, 4.69) is 20.3 Å². The van der Waals surface area contributed by atoms with Crippen LogP contribution in [0.3, 0.4) is 0 Å². The van der Waals surface area contributed by atoms with E-state index in [9.17, 15) is 9.59 Å². The summed E-state index contributed by atoms with van der Waals surface area (Å²) in [5.41, 5.74) is 3.17. The van der Waals surface area contributed by atoms with Crippen molar-refractivity contribution >= 4 is 39.9 Å². The van der Waals surface area contributed by atoms with E-state index in [-0.39, 0.29) is 23.1 Å². The Morgan fingerprint density at radius 1 is 1.24 bits per heavy atom. The van der Waals surface area contributed by atoms with Crippen molar-refractivity contribution in [2.24, 2.45) is 0 Å². The number of aromatic nitrogens is 3. The van der Waals surface area contributed by atoms with E-state index in [1.165, 1.54) is 30.8 Å². The number of hydrogen-bond acceptors (Lipinski definition) is 8. The van der Waals surface area contributed by atoms with Crippen LogP contribution in [0, 0.1) is 6.92 Å². The number of carbonyl (C=O) groups excluding carboxylic acids is 2. The molecular formula is C23H22ClN5O4S. The number of fused-ring (bicyclic) bond motifs is 1. The summed E-state index contributed by atoms with van der Waals surface area (Å²) in [6.45, 7) is 3.37. The van der Waals surface area contributed by atoms with E-state index < -0.39 is 0 Å². The average molecular weight is 500 g/mol. The predicted molar refractivity (Wildman–Crippen MR) is 127 cm³/mol. The van der Waals surface area contributed by atoms with E-state index in [4.69, 9.17) is 21.1 Å². The first-order valence-electron chi connectivity index (χ1n) is 10.8. The Morgan fingerprint density at radius 2 is 2.09 bits per heavy atom. The SMILES string of the molecule is COc1cnc(Cl)cc1-c1cc(C)ncc1C(=O)Nc1nc2c(s1)CN(C(=O)[C@H]1CCCO1)C2. The number of aryl methyl sites for hydroxylation is 1. The third-order valence-corrected chi connectivity index (χ3v) is 7.02. The van der Waals surface area contributed by atoms with Crippen LogP contribution >= 0.6 is 22.9 Å². The second-order valence-electron chi connectivity index (χ2n) is 8.12. The van der Waals surface area contributed by atoms with E-state index in [0.717, 1.165) is 29.1 Å². The Labute approximate surface area is 205 Å². The van der Waals surface area contributed by atoms with Crippen molar-refractivity contribution in [2.75, 3.05) is 19.0 Å². The first-order valence-corrected chi connectivity index (χ1v) is 12.0. The summed E-state index contributed by atoms with van der Waals surface area (Å²) >= 11 is 7.49. The highest BCUT2D eigenvalue weighted by atomic mass is 35.5. The Hall–Kier alpha value is -3.08. The lowest BCUT2D eigenvalue weighted by atomic mass is 10.0. The number of carbonyl (C=O) groups is 2. The van der Waals surface area contributed by atoms with Crippen LogP contribution in [0.1, 0.15) is 39.5 Å². The normalized spacial score (nSPS) is 17.0. The largest absolute Gasteiger partial charge is 0.494 e. The van der Waals surface area contributed by atoms with Gasteiger partial charge in [-0.05, 0) is 31.9 Å². The van der Waals surface area contributed by atoms with E-state index in [0.29, 0.717) is 47.3 Å². The average Bonchev–Trinajstić information content (AvgIpc) is 3.55. The van der Waals surface area contributed by atoms with Crippen LogP contribution in [-0.4, -0.2) is 51.5 Å². The van der Waals surface area contributed by atoms with Crippen molar-refractivity contribution in [1.82, 2.24) is 19.9 Å². The standard InChI is InChI=1S/C23H22ClN5O4S/c1-12-6-13(14-7-20(24)26-9-18(14)32-2)15(8-25-12)21(30)28-23-27-16-10-29(11-19(16)34-23)22(31)17-4-3-5-33-17/h6-9,17H,3-5,10-11H2,1-2H3,(H,27,28,30)/t17-/m1/s1. The van der Waals surface area contributed by atoms with Crippen molar-refractivity contribution < 1.29 is 19.1 Å². The van der Waals surface area contributed by atoms with Crippen LogP contribution in [0.25, 0.3) is 11.1 Å². The molecule has 2 aliphatic heterocycles. The van der Waals surface area contributed by atoms with Crippen LogP contribution in [0.2, 0.25) is 5.15 Å². The fourth-order valence-electron chi connectivity index (χ4n) is 4.14. The molecule has 1 N–H and O–H groups in total. The quantitative estimate of drug-likeness (QED) is 0.531. The van der Waals surface area contributed by atoms with Gasteiger partial charge in [0.2, 0.25) is 0 Å². The second-order valence-corrected chi connectivity index (χ2v) is 9.59. The Morgan fingerprint density at radius 3 is 2.82 bits per heavy atom. The first-order chi connectivity index (χ1) is 16.4. The summed E-state index contributed by atoms with van der Waals surface area (Å²) in [5, 5.41) is 3.64. The summed E-state index contributed by atoms with van der Waals surface area (Å²) in [6.07, 6.45) is 4.37. The molecule has 9 nitrogen and oxygen atoms in total. The molecule has 1 atom stereocenters. The minimum atomic E-state index is -0.350. The number of anilines is 1. The number of hydrogen-bond donors (Lipinski definition) is 1. The maximum Gasteiger partial charge on any atom is 0.259 e. The third-order valence-electron chi connectivity index (χ3n) is 5.82. The van der Waals surface area contributed by atoms with Crippen LogP contribution < -0.4 is 10.1 Å². The van der Waals surface area contributed by atoms with Gasteiger partial charge in [0.05, 0.1) is 42.5 Å². The fourth-order valence-corrected chi connectivity index (χ4v) is 5.28. The van der Waals surface area contributed by atoms with Crippen molar-refractivity contribution in [1.29, 1.82) is 0 Å². The molecule has 0 aliphatic carbocycles. The number of pyridine rings is 2. The predicted octanol–water partition coefficient (Wildman–Crippen LogP) is 3.84. The zero-order chi connectivity index (χ0) is 23.8. The minimum absolute atomic E-state index is 0.00798. The van der Waals surface area contributed by atoms with Gasteiger partial charge in [-0.25, -0.2) is 9.97 Å². The number of nitrogens with zero attached hydrogens (tertiary/aromatic N) is 4. The number of rotatable bonds is 5. The molecule has 34 heavy (non-hydrogen) atoms. The monoisotopic (exact) mass is 499 g/mol. The van der Waals surface area contributed by atoms with Crippen LogP contribution in [0.15, 0.2) is 24.5 Å². The number of nitrogens with one attached hydrogen (secondary N) is 1. The topological polar surface area (TPSA) is 107 Å². The van der Waals surface area contributed by atoms with Gasteiger partial charge < -0.3 is 14.4 Å². The van der Waals surface area contributed by atoms with Gasteiger partial charge in [-0.15, -0.1) is 0 Å². The van der Waals surface area contributed by atoms with Gasteiger partial charge in [0.25, 0.3) is 11.8 Å². The molecule has 176 valence electrons. The highest BCUT2D eigenvalue weighted by Crippen LogP contribution is 2.35. The van der Waals surface area contributed by atoms with Crippen LogP contribution in [0.4, 0.5) is 5.13 Å². The summed E-state index contributed by atoms with van der Waals surface area (Å²) in [4.78, 5) is 41.5. The number of methoxy groups -OCH3 is 1. The molecule has 1 fully saturated rings. The van der Waals surface area contributed by atoms with Gasteiger partial charge in [-0.3, -0.25) is 19.9 Å². The molecule has 1 saturated heterocycles. The molecule has 2 aliphatic rings. The van der Waals surface area contributed by atoms with E-state index >= 15 is 0 Å². The lowest BCUT2D eigenvalue weighted by Crippen LogP contribution is -2.35. The molecule has 0 unspecified atom stereocenters. The lowest BCUT2D eigenvalue weighted by molar-refractivity contribution is -0.141. The van der Waals surface area contributed by atoms with Crippen molar-refractivity contribution in [3.63, 3.8) is 0 Å². The molecule has 11 heteroatoms. The molecule has 0 saturated carbocycles. The van der Waals surface area contributed by atoms with Gasteiger partial charge in [-0.2, -0.15) is 0 Å². The fraction of sp³-hybridized carbons (Fsp3) is 0.348. The molecule has 3 aromatic rings. The molecule has 5 heterocycles. The summed E-state index contributed by atoms with van der Waals surface area (Å²) in [6, 6.07) is 3.46. The van der Waals surface area contributed by atoms with Crippen molar-refractivity contribution in [2.45, 2.75) is 39.0 Å². The molecule has 2 amide bonds. The Kier molecular flexibility index (Phi) is 6.20. The second kappa shape index (κ2) is 9.28. The van der Waals surface area contributed by atoms with Crippen molar-refractivity contribution in [3.8, 4) is 16.9 Å². The highest BCUT2D eigenvalue weighted by Gasteiger charge is 2.34. The third kappa shape index (κ3) is 4.36. The number of ether oxygens (including phenoxy) is 2. The Balaban J connectivity index is 1.36. The molecular weight excluding hydrogens is 478 g/mol. The molecule has 3 aromatic heterocycles. The summed E-state index contributed by atoms with van der Waals surface area (Å²) in [7, 11) is 1.53. The smallest absolute Gasteiger partial charge is 0.259 e. The molecule has 0 aromatic carbocycles. The van der Waals surface area contributed by atoms with Crippen molar-refractivity contribution in [3.05, 3.63) is 51.5 Å². The summed E-state index contributed by atoms with van der Waals surface area (Å²) in [5.74, 6) is 0.152. The van der Waals surface area contributed by atoms with Crippen LogP contribution in [-0.2, 0) is 22.6 Å². The molecule has 0 radical (unpaired) electrons. The minimum Gasteiger partial charge on any atom is -0.494 e. The molecule has 0 bridgehead atoms. The number of amides is 2. The Bertz CT molecular complexity index is 1250. The van der Waals surface area contributed by atoms with Gasteiger partial charge in [0.15, 0.2) is 5.13 Å². The van der Waals surface area contributed by atoms with Gasteiger partial charge in [-0.1, -0.05) is 22.9 Å². The van der Waals surface area contributed by atoms with E-state index in [1.807, 2.05) is 6.92 Å². The number of thiazole rings is 1.